The number of nitrogens with one attached hydrogen (secondary N) is 2. The molecule has 0 radical (unpaired) electrons. The number of fused-ring (bicyclic) bond motifs is 1. The van der Waals surface area contributed by atoms with Gasteiger partial charge in [0.1, 0.15) is 6.04 Å². The van der Waals surface area contributed by atoms with Gasteiger partial charge < -0.3 is 10.6 Å². The molecule has 36 heavy (non-hydrogen) atoms. The first-order valence-corrected chi connectivity index (χ1v) is 12.0. The highest BCUT2D eigenvalue weighted by atomic mass is 16.2. The second kappa shape index (κ2) is 11.0. The minimum Gasteiger partial charge on any atom is -0.350 e. The van der Waals surface area contributed by atoms with Crippen molar-refractivity contribution in [1.82, 2.24) is 10.2 Å². The summed E-state index contributed by atoms with van der Waals surface area (Å²) in [5.41, 5.74) is 2.88. The molecule has 2 N–H and O–H groups in total. The summed E-state index contributed by atoms with van der Waals surface area (Å²) in [5.74, 6) is -1.19. The van der Waals surface area contributed by atoms with Gasteiger partial charge >= 0.3 is 0 Å². The fourth-order valence-corrected chi connectivity index (χ4v) is 4.28. The Hall–Kier alpha value is -4.26. The highest BCUT2D eigenvalue weighted by Crippen LogP contribution is 2.26. The van der Waals surface area contributed by atoms with Crippen molar-refractivity contribution in [2.45, 2.75) is 39.3 Å². The van der Waals surface area contributed by atoms with Crippen molar-refractivity contribution >= 4 is 29.3 Å². The first-order chi connectivity index (χ1) is 17.3. The van der Waals surface area contributed by atoms with Crippen LogP contribution in [0.15, 0.2) is 78.9 Å². The van der Waals surface area contributed by atoms with Crippen LogP contribution in [0.2, 0.25) is 0 Å². The molecule has 0 aromatic heterocycles. The van der Waals surface area contributed by atoms with Gasteiger partial charge in [-0.15, -0.1) is 0 Å². The molecular weight excluding hydrogens is 454 g/mol. The molecule has 0 aliphatic carbocycles. The molecule has 7 heteroatoms. The molecule has 0 bridgehead atoms. The van der Waals surface area contributed by atoms with Crippen LogP contribution in [0.1, 0.15) is 52.1 Å². The summed E-state index contributed by atoms with van der Waals surface area (Å²) < 4.78 is 0. The average Bonchev–Trinajstić information content (AvgIpc) is 3.11. The summed E-state index contributed by atoms with van der Waals surface area (Å²) in [6.07, 6.45) is 0.617. The maximum Gasteiger partial charge on any atom is 0.262 e. The van der Waals surface area contributed by atoms with Crippen LogP contribution >= 0.6 is 0 Å². The standard InChI is InChI=1S/C29H29N3O4/c1-19(2)15-26(33)31-22-12-8-11-21(16-22)18-30-27(34)25(17-20-9-4-3-5-10-20)32-28(35)23-13-6-7-14-24(23)29(32)36/h3-14,16,19,25H,15,17-18H2,1-2H3,(H,30,34)(H,31,33). The molecule has 3 aromatic carbocycles. The van der Waals surface area contributed by atoms with Gasteiger partial charge in [-0.3, -0.25) is 24.1 Å². The number of imide groups is 1. The lowest BCUT2D eigenvalue weighted by Crippen LogP contribution is -2.50. The maximum atomic E-state index is 13.4. The van der Waals surface area contributed by atoms with E-state index in [-0.39, 0.29) is 24.8 Å². The second-order valence-corrected chi connectivity index (χ2v) is 9.30. The van der Waals surface area contributed by atoms with Gasteiger partial charge in [0.05, 0.1) is 11.1 Å². The van der Waals surface area contributed by atoms with Crippen LogP contribution in [0, 0.1) is 5.92 Å². The molecular formula is C29H29N3O4. The number of carbonyl (C=O) groups is 4. The van der Waals surface area contributed by atoms with Crippen LogP contribution < -0.4 is 10.6 Å². The molecule has 0 spiro atoms. The zero-order valence-corrected chi connectivity index (χ0v) is 20.4. The molecule has 4 rings (SSSR count). The van der Waals surface area contributed by atoms with E-state index >= 15 is 0 Å². The predicted octanol–water partition coefficient (Wildman–Crippen LogP) is 4.19. The summed E-state index contributed by atoms with van der Waals surface area (Å²) >= 11 is 0. The molecule has 1 atom stereocenters. The van der Waals surface area contributed by atoms with Crippen LogP contribution in [0.4, 0.5) is 5.69 Å². The maximum absolute atomic E-state index is 13.4. The quantitative estimate of drug-likeness (QED) is 0.446. The first kappa shape index (κ1) is 24.9. The molecule has 4 amide bonds. The third-order valence-corrected chi connectivity index (χ3v) is 5.98. The Morgan fingerprint density at radius 2 is 1.42 bits per heavy atom. The number of hydrogen-bond donors (Lipinski definition) is 2. The Balaban J connectivity index is 1.51. The van der Waals surface area contributed by atoms with E-state index in [0.717, 1.165) is 16.0 Å². The van der Waals surface area contributed by atoms with E-state index in [9.17, 15) is 19.2 Å². The fraction of sp³-hybridized carbons (Fsp3) is 0.241. The summed E-state index contributed by atoms with van der Waals surface area (Å²) in [4.78, 5) is 52.8. The SMILES string of the molecule is CC(C)CC(=O)Nc1cccc(CNC(=O)C(Cc2ccccc2)N2C(=O)c3ccccc3C2=O)c1. The number of carbonyl (C=O) groups excluding carboxylic acids is 4. The molecule has 1 unspecified atom stereocenters. The van der Waals surface area contributed by atoms with Crippen molar-refractivity contribution in [3.05, 3.63) is 101 Å². The first-order valence-electron chi connectivity index (χ1n) is 12.0. The lowest BCUT2D eigenvalue weighted by Gasteiger charge is -2.25. The summed E-state index contributed by atoms with van der Waals surface area (Å²) in [6, 6.07) is 22.1. The Kier molecular flexibility index (Phi) is 7.59. The van der Waals surface area contributed by atoms with Crippen LogP contribution in [0.3, 0.4) is 0 Å². The van der Waals surface area contributed by atoms with Crippen molar-refractivity contribution in [2.24, 2.45) is 5.92 Å². The van der Waals surface area contributed by atoms with Gasteiger partial charge in [-0.1, -0.05) is 68.4 Å². The van der Waals surface area contributed by atoms with Crippen LogP contribution in [0.5, 0.6) is 0 Å². The number of nitrogens with zero attached hydrogens (tertiary/aromatic N) is 1. The van der Waals surface area contributed by atoms with E-state index in [1.807, 2.05) is 50.2 Å². The minimum absolute atomic E-state index is 0.0697. The van der Waals surface area contributed by atoms with Crippen LogP contribution in [-0.4, -0.2) is 34.6 Å². The third kappa shape index (κ3) is 5.68. The van der Waals surface area contributed by atoms with Gasteiger partial charge in [0.2, 0.25) is 11.8 Å². The molecule has 7 nitrogen and oxygen atoms in total. The lowest BCUT2D eigenvalue weighted by atomic mass is 10.0. The zero-order valence-electron chi connectivity index (χ0n) is 20.4. The van der Waals surface area contributed by atoms with Gasteiger partial charge in [-0.05, 0) is 41.3 Å². The molecule has 0 saturated carbocycles. The Bertz CT molecular complexity index is 1250. The number of benzene rings is 3. The van der Waals surface area contributed by atoms with Crippen LogP contribution in [0.25, 0.3) is 0 Å². The molecule has 1 heterocycles. The van der Waals surface area contributed by atoms with E-state index in [1.165, 1.54) is 0 Å². The topological polar surface area (TPSA) is 95.6 Å². The van der Waals surface area contributed by atoms with Crippen molar-refractivity contribution in [1.29, 1.82) is 0 Å². The van der Waals surface area contributed by atoms with Crippen molar-refractivity contribution < 1.29 is 19.2 Å². The lowest BCUT2D eigenvalue weighted by molar-refractivity contribution is -0.125. The predicted molar refractivity (Wildman–Crippen MR) is 137 cm³/mol. The highest BCUT2D eigenvalue weighted by molar-refractivity contribution is 6.22. The van der Waals surface area contributed by atoms with Crippen molar-refractivity contribution in [3.8, 4) is 0 Å². The van der Waals surface area contributed by atoms with E-state index in [1.54, 1.807) is 42.5 Å². The molecule has 184 valence electrons. The number of hydrogen-bond acceptors (Lipinski definition) is 4. The minimum atomic E-state index is -1.01. The van der Waals surface area contributed by atoms with Gasteiger partial charge in [0.15, 0.2) is 0 Å². The summed E-state index contributed by atoms with van der Waals surface area (Å²) in [7, 11) is 0. The van der Waals surface area contributed by atoms with Gasteiger partial charge in [0.25, 0.3) is 11.8 Å². The van der Waals surface area contributed by atoms with Crippen molar-refractivity contribution in [3.63, 3.8) is 0 Å². The van der Waals surface area contributed by atoms with Crippen molar-refractivity contribution in [2.75, 3.05) is 5.32 Å². The molecule has 1 aliphatic heterocycles. The van der Waals surface area contributed by atoms with Gasteiger partial charge in [0, 0.05) is 25.1 Å². The highest BCUT2D eigenvalue weighted by Gasteiger charge is 2.42. The van der Waals surface area contributed by atoms with E-state index in [0.29, 0.717) is 23.2 Å². The van der Waals surface area contributed by atoms with Crippen LogP contribution in [-0.2, 0) is 22.6 Å². The van der Waals surface area contributed by atoms with Gasteiger partial charge in [-0.25, -0.2) is 0 Å². The average molecular weight is 484 g/mol. The van der Waals surface area contributed by atoms with E-state index < -0.39 is 23.8 Å². The Morgan fingerprint density at radius 3 is 2.06 bits per heavy atom. The smallest absolute Gasteiger partial charge is 0.262 e. The fourth-order valence-electron chi connectivity index (χ4n) is 4.28. The Morgan fingerprint density at radius 1 is 0.806 bits per heavy atom. The zero-order chi connectivity index (χ0) is 25.7. The summed E-state index contributed by atoms with van der Waals surface area (Å²) in [5, 5.41) is 5.75. The van der Waals surface area contributed by atoms with E-state index in [2.05, 4.69) is 10.6 Å². The third-order valence-electron chi connectivity index (χ3n) is 5.98. The van der Waals surface area contributed by atoms with E-state index in [4.69, 9.17) is 0 Å². The molecule has 0 fully saturated rings. The number of anilines is 1. The molecule has 3 aromatic rings. The number of rotatable bonds is 9. The second-order valence-electron chi connectivity index (χ2n) is 9.30. The summed E-state index contributed by atoms with van der Waals surface area (Å²) in [6.45, 7) is 4.14. The monoisotopic (exact) mass is 483 g/mol. The molecule has 0 saturated heterocycles. The molecule has 1 aliphatic rings. The normalized spacial score (nSPS) is 13.5. The Labute approximate surface area is 210 Å². The van der Waals surface area contributed by atoms with Gasteiger partial charge in [-0.2, -0.15) is 0 Å². The number of amides is 4. The largest absolute Gasteiger partial charge is 0.350 e.